The predicted octanol–water partition coefficient (Wildman–Crippen LogP) is 20.3. The maximum atomic E-state index is 11.6. The van der Waals surface area contributed by atoms with Crippen LogP contribution in [0.15, 0.2) is 237 Å². The van der Waals surface area contributed by atoms with E-state index in [2.05, 4.69) is 213 Å². The molecule has 3 aliphatic carbocycles. The number of aliphatic hydroxyl groups is 2. The largest absolute Gasteiger partial charge is 0.466 e. The van der Waals surface area contributed by atoms with Gasteiger partial charge < -0.3 is 46.0 Å². The van der Waals surface area contributed by atoms with Crippen LogP contribution in [-0.4, -0.2) is 120 Å². The summed E-state index contributed by atoms with van der Waals surface area (Å²) in [5.41, 5.74) is 30.4. The fourth-order valence-electron chi connectivity index (χ4n) is 17.1. The van der Waals surface area contributed by atoms with Gasteiger partial charge in [-0.25, -0.2) is 0 Å². The third-order valence-electron chi connectivity index (χ3n) is 23.3. The average Bonchev–Trinajstić information content (AvgIpc) is 1.80. The molecular formula is C99H114N6O6. The summed E-state index contributed by atoms with van der Waals surface area (Å²) in [7, 11) is 0. The number of anilines is 3. The van der Waals surface area contributed by atoms with Crippen molar-refractivity contribution in [2.24, 2.45) is 0 Å². The molecule has 3 saturated carbocycles. The topological polar surface area (TPSA) is 161 Å². The number of carbonyl (C=O) groups is 3. The first-order chi connectivity index (χ1) is 54.3. The van der Waals surface area contributed by atoms with Crippen LogP contribution in [0.25, 0.3) is 33.4 Å². The summed E-state index contributed by atoms with van der Waals surface area (Å²) in [6.45, 7) is 12.6. The Morgan fingerprint density at radius 2 is 0.604 bits per heavy atom. The highest BCUT2D eigenvalue weighted by molar-refractivity contribution is 6.01. The van der Waals surface area contributed by atoms with Gasteiger partial charge in [0, 0.05) is 69.2 Å². The Balaban J connectivity index is 0.000000146. The first kappa shape index (κ1) is 79.3. The van der Waals surface area contributed by atoms with E-state index in [1.807, 2.05) is 48.5 Å². The Morgan fingerprint density at radius 3 is 0.856 bits per heavy atom. The van der Waals surface area contributed by atoms with E-state index in [1.54, 1.807) is 0 Å². The molecule has 0 unspecified atom stereocenters. The van der Waals surface area contributed by atoms with Gasteiger partial charge in [0.2, 0.25) is 11.8 Å². The standard InChI is InChI=1S/C35H40N2O3.C33H38N2O2.C31H36N2O/c1-25(38)36-32-16-14-31(15-17-32)35(34(9-6-24-40-26(2)39)29-7-4-3-5-8-29)30-12-10-27(11-13-30)28-20-22-37(23-21-28)33-18-19-33;1-24(37)34-30-15-13-29(14-16-30)33(32(8-5-23-36)27-6-3-2-4-7-27)28-11-9-25(10-12-28)26-19-21-35(22-20-26)31-17-18-31;32-28-14-12-27(13-15-28)31(30(7-4-22-34)25-5-2-1-3-6-25)26-10-8-23(9-11-26)24-18-20-33(21-19-24)29-16-17-29/h3-5,7-8,10-17,28,33H,6,9,18-24H2,1-2H3,(H,36,38);2-4,6-7,9-16,26,31,36H,5,8,17-23H2,1H3,(H,34,37);1-3,5-6,8-15,24,29,34H,4,7,16-22,32H2/b35-34+;33-32+;31-30+. The number of piperidine rings is 3. The Bertz CT molecular complexity index is 4540. The van der Waals surface area contributed by atoms with Crippen LogP contribution in [-0.2, 0) is 19.1 Å². The number of rotatable bonds is 27. The number of aliphatic hydroxyl groups excluding tert-OH is 2. The Hall–Kier alpha value is -9.79. The minimum Gasteiger partial charge on any atom is -0.466 e. The molecule has 6 N–H and O–H groups in total. The number of likely N-dealkylation sites (tertiary alicyclic amines) is 3. The number of nitrogens with zero attached hydrogens (tertiary/aromatic N) is 3. The number of benzene rings is 9. The van der Waals surface area contributed by atoms with E-state index in [-0.39, 0.29) is 31.0 Å². The normalized spacial score (nSPS) is 17.3. The number of nitrogens with one attached hydrogen (secondary N) is 2. The van der Waals surface area contributed by atoms with Crippen molar-refractivity contribution in [1.82, 2.24) is 14.7 Å². The van der Waals surface area contributed by atoms with Gasteiger partial charge in [0.1, 0.15) is 0 Å². The van der Waals surface area contributed by atoms with Gasteiger partial charge >= 0.3 is 5.97 Å². The molecule has 0 radical (unpaired) electrons. The smallest absolute Gasteiger partial charge is 0.302 e. The minimum absolute atomic E-state index is 0.0741. The molecular weight excluding hydrogens is 1370 g/mol. The Labute approximate surface area is 659 Å². The van der Waals surface area contributed by atoms with E-state index in [9.17, 15) is 24.6 Å². The molecule has 12 nitrogen and oxygen atoms in total. The van der Waals surface area contributed by atoms with Crippen LogP contribution in [0.5, 0.6) is 0 Å². The minimum atomic E-state index is -0.252. The monoisotopic (exact) mass is 1480 g/mol. The second kappa shape index (κ2) is 39.4. The molecule has 15 rings (SSSR count). The van der Waals surface area contributed by atoms with Gasteiger partial charge in [-0.3, -0.25) is 14.4 Å². The molecule has 3 saturated heterocycles. The highest BCUT2D eigenvalue weighted by Gasteiger charge is 2.35. The molecule has 2 amide bonds. The second-order valence-corrected chi connectivity index (χ2v) is 31.4. The summed E-state index contributed by atoms with van der Waals surface area (Å²) in [5.74, 6) is 1.50. The molecule has 9 aromatic carbocycles. The Morgan fingerprint density at radius 1 is 0.342 bits per heavy atom. The summed E-state index contributed by atoms with van der Waals surface area (Å²) >= 11 is 0. The summed E-state index contributed by atoms with van der Waals surface area (Å²) in [6.07, 6.45) is 20.4. The molecule has 3 aliphatic heterocycles. The number of esters is 1. The van der Waals surface area contributed by atoms with E-state index in [0.29, 0.717) is 30.8 Å². The van der Waals surface area contributed by atoms with Crippen molar-refractivity contribution in [2.75, 3.05) is 75.5 Å². The SMILES string of the molecule is CC(=O)Nc1ccc(/C(=C(\CCCO)c2ccccc2)c2ccc(C3CCN(C4CC4)CC3)cc2)cc1.CC(=O)Nc1ccc(/C(=C(\CCCOC(C)=O)c2ccccc2)c2ccc(C3CCN(C4CC4)CC3)cc2)cc1.Nc1ccc(/C(=C(\CCCO)c2ccccc2)c2ccc(C3CCN(C4CC4)CC3)cc2)cc1. The molecule has 0 atom stereocenters. The van der Waals surface area contributed by atoms with Gasteiger partial charge in [0.25, 0.3) is 0 Å². The number of hydrogen-bond donors (Lipinski definition) is 5. The van der Waals surface area contributed by atoms with E-state index in [1.165, 1.54) is 209 Å². The van der Waals surface area contributed by atoms with E-state index in [4.69, 9.17) is 10.5 Å². The molecule has 6 fully saturated rings. The molecule has 3 heterocycles. The number of allylic oxidation sites excluding steroid dienone is 3. The lowest BCUT2D eigenvalue weighted by Gasteiger charge is -2.32. The quantitative estimate of drug-likeness (QED) is 0.0145. The number of ether oxygens (including phenoxy) is 1. The van der Waals surface area contributed by atoms with Crippen molar-refractivity contribution in [2.45, 2.75) is 172 Å². The summed E-state index contributed by atoms with van der Waals surface area (Å²) in [4.78, 5) is 42.6. The van der Waals surface area contributed by atoms with Crippen LogP contribution < -0.4 is 16.4 Å². The van der Waals surface area contributed by atoms with Gasteiger partial charge in [0.05, 0.1) is 6.61 Å². The maximum Gasteiger partial charge on any atom is 0.302 e. The lowest BCUT2D eigenvalue weighted by atomic mass is 9.85. The zero-order valence-electron chi connectivity index (χ0n) is 65.5. The van der Waals surface area contributed by atoms with E-state index in [0.717, 1.165) is 95.1 Å². The van der Waals surface area contributed by atoms with Crippen molar-refractivity contribution in [3.63, 3.8) is 0 Å². The molecule has 6 aliphatic rings. The Kier molecular flexibility index (Phi) is 28.2. The van der Waals surface area contributed by atoms with Gasteiger partial charge in [-0.05, 0) is 309 Å². The van der Waals surface area contributed by atoms with E-state index < -0.39 is 0 Å². The highest BCUT2D eigenvalue weighted by Crippen LogP contribution is 2.43. The first-order valence-corrected chi connectivity index (χ1v) is 41.2. The first-order valence-electron chi connectivity index (χ1n) is 41.2. The zero-order valence-corrected chi connectivity index (χ0v) is 65.5. The van der Waals surface area contributed by atoms with Crippen molar-refractivity contribution < 1.29 is 29.3 Å². The van der Waals surface area contributed by atoms with Gasteiger partial charge in [-0.1, -0.05) is 200 Å². The summed E-state index contributed by atoms with van der Waals surface area (Å²) < 4.78 is 5.28. The van der Waals surface area contributed by atoms with Crippen LogP contribution >= 0.6 is 0 Å². The van der Waals surface area contributed by atoms with E-state index >= 15 is 0 Å². The maximum absolute atomic E-state index is 11.6. The van der Waals surface area contributed by atoms with Crippen molar-refractivity contribution in [3.8, 4) is 0 Å². The van der Waals surface area contributed by atoms with Gasteiger partial charge in [0.15, 0.2) is 0 Å². The zero-order chi connectivity index (χ0) is 76.8. The molecule has 111 heavy (non-hydrogen) atoms. The number of amides is 2. The summed E-state index contributed by atoms with van der Waals surface area (Å²) in [6, 6.07) is 86.2. The molecule has 0 spiro atoms. The predicted molar refractivity (Wildman–Crippen MR) is 457 cm³/mol. The third-order valence-corrected chi connectivity index (χ3v) is 23.3. The van der Waals surface area contributed by atoms with Crippen molar-refractivity contribution in [1.29, 1.82) is 0 Å². The number of carbonyl (C=O) groups excluding carboxylic acids is 3. The van der Waals surface area contributed by atoms with Crippen molar-refractivity contribution in [3.05, 3.63) is 303 Å². The molecule has 576 valence electrons. The molecule has 0 aromatic heterocycles. The van der Waals surface area contributed by atoms with Crippen LogP contribution in [0, 0.1) is 0 Å². The molecule has 12 heteroatoms. The fraction of sp³-hybridized carbons (Fsp3) is 0.364. The van der Waals surface area contributed by atoms with Crippen LogP contribution in [0.4, 0.5) is 17.1 Å². The third kappa shape index (κ3) is 22.3. The number of nitrogens with two attached hydrogens (primary N) is 1. The summed E-state index contributed by atoms with van der Waals surface area (Å²) in [5, 5.41) is 25.0. The van der Waals surface area contributed by atoms with Crippen molar-refractivity contribution >= 4 is 68.3 Å². The van der Waals surface area contributed by atoms with Crippen LogP contribution in [0.1, 0.15) is 221 Å². The van der Waals surface area contributed by atoms with Crippen LogP contribution in [0.2, 0.25) is 0 Å². The lowest BCUT2D eigenvalue weighted by Crippen LogP contribution is -2.34. The number of hydrogen-bond acceptors (Lipinski definition) is 10. The van der Waals surface area contributed by atoms with Crippen LogP contribution in [0.3, 0.4) is 0 Å². The van der Waals surface area contributed by atoms with Gasteiger partial charge in [-0.2, -0.15) is 0 Å². The highest BCUT2D eigenvalue weighted by atomic mass is 16.5. The molecule has 9 aromatic rings. The number of nitrogen functional groups attached to an aromatic ring is 1. The fourth-order valence-corrected chi connectivity index (χ4v) is 17.1. The molecule has 0 bridgehead atoms. The second-order valence-electron chi connectivity index (χ2n) is 31.4. The van der Waals surface area contributed by atoms with Gasteiger partial charge in [-0.15, -0.1) is 0 Å². The lowest BCUT2D eigenvalue weighted by molar-refractivity contribution is -0.141. The average molecular weight is 1480 g/mol.